The molecule has 2 aromatic rings. The Bertz CT molecular complexity index is 1680. The summed E-state index contributed by atoms with van der Waals surface area (Å²) < 4.78 is 11.8. The summed E-state index contributed by atoms with van der Waals surface area (Å²) in [5, 5.41) is 15.7. The van der Waals surface area contributed by atoms with Crippen LogP contribution in [0.1, 0.15) is 85.3 Å². The molecule has 2 N–H and O–H groups in total. The smallest absolute Gasteiger partial charge is 0.320 e. The summed E-state index contributed by atoms with van der Waals surface area (Å²) in [5.41, 5.74) is -0.599. The molecule has 0 atom stereocenters. The van der Waals surface area contributed by atoms with E-state index >= 15 is 0 Å². The molecule has 5 rings (SSSR count). The van der Waals surface area contributed by atoms with Gasteiger partial charge in [-0.05, 0) is 95.9 Å². The quantitative estimate of drug-likeness (QED) is 0.189. The van der Waals surface area contributed by atoms with Gasteiger partial charge in [-0.15, -0.1) is 0 Å². The summed E-state index contributed by atoms with van der Waals surface area (Å²) in [6.07, 6.45) is 2.52. The molecule has 49 heavy (non-hydrogen) atoms. The van der Waals surface area contributed by atoms with Crippen molar-refractivity contribution in [2.45, 2.75) is 91.9 Å². The average Bonchev–Trinajstić information content (AvgIpc) is 3.84. The van der Waals surface area contributed by atoms with Crippen LogP contribution in [0, 0.1) is 45.3 Å². The Balaban J connectivity index is 1.12. The number of rotatable bonds is 8. The Kier molecular flexibility index (Phi) is 10.1. The maximum Gasteiger partial charge on any atom is 0.320 e. The first kappa shape index (κ1) is 36.2. The zero-order valence-corrected chi connectivity index (χ0v) is 30.3. The molecule has 10 heteroatoms. The van der Waals surface area contributed by atoms with Gasteiger partial charge in [0.05, 0.1) is 17.1 Å². The highest BCUT2D eigenvalue weighted by molar-refractivity contribution is 6.31. The molecule has 0 aromatic heterocycles. The summed E-state index contributed by atoms with van der Waals surface area (Å²) in [6, 6.07) is 14.2. The second-order valence-electron chi connectivity index (χ2n) is 15.8. The fraction of sp³-hybridized carbons (Fsp3) is 0.538. The van der Waals surface area contributed by atoms with Crippen LogP contribution in [0.5, 0.6) is 5.75 Å². The van der Waals surface area contributed by atoms with E-state index in [4.69, 9.17) is 21.1 Å². The van der Waals surface area contributed by atoms with Crippen molar-refractivity contribution >= 4 is 35.1 Å². The standard InChI is InChI=1S/C39H47ClN4O5/c1-36(2,3)49-31(45)24-44-20-16-26(17-21-44)9-8-25-10-13-28(14-11-25)42-34(46)39(18-19-39)35(47)43-32-37(4,5)33(38(32,6)7)48-29-15-12-27(23-41)30(40)22-29/h10-15,22,26,32-33H,16-21,24H2,1-7H3,(H,42,46)(H,43,47). The van der Waals surface area contributed by atoms with Gasteiger partial charge < -0.3 is 20.1 Å². The highest BCUT2D eigenvalue weighted by Gasteiger charge is 2.66. The number of ether oxygens (including phenoxy) is 2. The monoisotopic (exact) mass is 686 g/mol. The van der Waals surface area contributed by atoms with Crippen LogP contribution in [-0.4, -0.2) is 60.1 Å². The van der Waals surface area contributed by atoms with Crippen LogP contribution in [0.2, 0.25) is 5.02 Å². The van der Waals surface area contributed by atoms with Gasteiger partial charge >= 0.3 is 5.97 Å². The fourth-order valence-electron chi connectivity index (χ4n) is 7.41. The molecule has 2 amide bonds. The third-order valence-electron chi connectivity index (χ3n) is 9.97. The number of hydrogen-bond acceptors (Lipinski definition) is 7. The maximum atomic E-state index is 13.6. The van der Waals surface area contributed by atoms with Crippen molar-refractivity contribution in [3.05, 3.63) is 58.6 Å². The lowest BCUT2D eigenvalue weighted by molar-refractivity contribution is -0.175. The maximum absolute atomic E-state index is 13.6. The molecule has 9 nitrogen and oxygen atoms in total. The van der Waals surface area contributed by atoms with E-state index in [0.717, 1.165) is 31.5 Å². The third-order valence-corrected chi connectivity index (χ3v) is 10.3. The molecule has 0 bridgehead atoms. The van der Waals surface area contributed by atoms with Gasteiger partial charge in [0.25, 0.3) is 0 Å². The molecular weight excluding hydrogens is 640 g/mol. The highest BCUT2D eigenvalue weighted by Crippen LogP contribution is 2.57. The minimum Gasteiger partial charge on any atom is -0.489 e. The van der Waals surface area contributed by atoms with E-state index in [2.05, 4.69) is 33.4 Å². The number of halogens is 1. The molecule has 2 aliphatic carbocycles. The summed E-state index contributed by atoms with van der Waals surface area (Å²) in [5.74, 6) is 6.66. The lowest BCUT2D eigenvalue weighted by Gasteiger charge is -2.63. The zero-order chi connectivity index (χ0) is 35.8. The molecule has 1 saturated heterocycles. The van der Waals surface area contributed by atoms with E-state index in [1.54, 1.807) is 18.2 Å². The predicted octanol–water partition coefficient (Wildman–Crippen LogP) is 6.33. The second kappa shape index (κ2) is 13.7. The van der Waals surface area contributed by atoms with Gasteiger partial charge in [-0.2, -0.15) is 5.26 Å². The normalized spacial score (nSPS) is 22.3. The van der Waals surface area contributed by atoms with E-state index in [1.807, 2.05) is 72.7 Å². The van der Waals surface area contributed by atoms with Gasteiger partial charge in [-0.1, -0.05) is 51.1 Å². The molecule has 260 valence electrons. The number of carbonyl (C=O) groups excluding carboxylic acids is 3. The minimum absolute atomic E-state index is 0.198. The van der Waals surface area contributed by atoms with Gasteiger partial charge in [0.1, 0.15) is 28.9 Å². The molecule has 0 spiro atoms. The highest BCUT2D eigenvalue weighted by atomic mass is 35.5. The Hall–Kier alpha value is -4.05. The molecule has 0 unspecified atom stereocenters. The first-order valence-corrected chi connectivity index (χ1v) is 17.4. The molecule has 3 fully saturated rings. The summed E-state index contributed by atoms with van der Waals surface area (Å²) in [4.78, 5) is 41.3. The first-order chi connectivity index (χ1) is 22.9. The topological polar surface area (TPSA) is 121 Å². The van der Waals surface area contributed by atoms with Crippen LogP contribution in [0.25, 0.3) is 0 Å². The number of benzene rings is 2. The van der Waals surface area contributed by atoms with E-state index in [1.165, 1.54) is 0 Å². The SMILES string of the molecule is CC(C)(C)OC(=O)CN1CCC(C#Cc2ccc(NC(=O)C3(C(=O)NC4C(C)(C)C(Oc5ccc(C#N)c(Cl)c5)C4(C)C)CC3)cc2)CC1. The van der Waals surface area contributed by atoms with Crippen molar-refractivity contribution in [2.75, 3.05) is 25.0 Å². The van der Waals surface area contributed by atoms with E-state index in [-0.39, 0.29) is 35.8 Å². The van der Waals surface area contributed by atoms with Gasteiger partial charge in [0, 0.05) is 40.1 Å². The van der Waals surface area contributed by atoms with Gasteiger partial charge in [0.2, 0.25) is 11.8 Å². The molecule has 0 radical (unpaired) electrons. The van der Waals surface area contributed by atoms with Gasteiger partial charge in [-0.25, -0.2) is 0 Å². The number of carbonyl (C=O) groups is 3. The van der Waals surface area contributed by atoms with Crippen molar-refractivity contribution in [1.82, 2.24) is 10.2 Å². The number of likely N-dealkylation sites (tertiary alicyclic amines) is 1. The fourth-order valence-corrected chi connectivity index (χ4v) is 7.62. The largest absolute Gasteiger partial charge is 0.489 e. The van der Waals surface area contributed by atoms with Crippen LogP contribution in [0.15, 0.2) is 42.5 Å². The Morgan fingerprint density at radius 1 is 0.980 bits per heavy atom. The van der Waals surface area contributed by atoms with Crippen molar-refractivity contribution in [1.29, 1.82) is 5.26 Å². The van der Waals surface area contributed by atoms with E-state index < -0.39 is 21.8 Å². The lowest BCUT2D eigenvalue weighted by atomic mass is 9.49. The number of piperidine rings is 1. The van der Waals surface area contributed by atoms with Crippen molar-refractivity contribution in [3.8, 4) is 23.7 Å². The second-order valence-corrected chi connectivity index (χ2v) is 16.2. The number of nitriles is 1. The zero-order valence-electron chi connectivity index (χ0n) is 29.5. The van der Waals surface area contributed by atoms with Crippen LogP contribution in [0.3, 0.4) is 0 Å². The van der Waals surface area contributed by atoms with Crippen LogP contribution < -0.4 is 15.4 Å². The van der Waals surface area contributed by atoms with Crippen molar-refractivity contribution in [3.63, 3.8) is 0 Å². The Labute approximate surface area is 295 Å². The third kappa shape index (κ3) is 8.06. The number of hydrogen-bond donors (Lipinski definition) is 2. The minimum atomic E-state index is -1.10. The van der Waals surface area contributed by atoms with Crippen LogP contribution in [-0.2, 0) is 19.1 Å². The number of esters is 1. The molecule has 2 aromatic carbocycles. The molecule has 2 saturated carbocycles. The van der Waals surface area contributed by atoms with E-state index in [9.17, 15) is 19.6 Å². The Morgan fingerprint density at radius 2 is 1.61 bits per heavy atom. The predicted molar refractivity (Wildman–Crippen MR) is 189 cm³/mol. The number of nitrogens with one attached hydrogen (secondary N) is 2. The average molecular weight is 687 g/mol. The van der Waals surface area contributed by atoms with Crippen molar-refractivity contribution in [2.24, 2.45) is 22.2 Å². The molecule has 1 heterocycles. The van der Waals surface area contributed by atoms with E-state index in [0.29, 0.717) is 41.4 Å². The summed E-state index contributed by atoms with van der Waals surface area (Å²) in [6.45, 7) is 15.7. The number of amides is 2. The number of nitrogens with zero attached hydrogens (tertiary/aromatic N) is 2. The van der Waals surface area contributed by atoms with Gasteiger partial charge in [-0.3, -0.25) is 19.3 Å². The molecule has 1 aliphatic heterocycles. The lowest BCUT2D eigenvalue weighted by Crippen LogP contribution is -2.75. The number of anilines is 1. The molecular formula is C39H47ClN4O5. The van der Waals surface area contributed by atoms with Crippen molar-refractivity contribution < 1.29 is 23.9 Å². The van der Waals surface area contributed by atoms with Crippen LogP contribution >= 0.6 is 11.6 Å². The van der Waals surface area contributed by atoms with Gasteiger partial charge in [0.15, 0.2) is 0 Å². The molecule has 3 aliphatic rings. The first-order valence-electron chi connectivity index (χ1n) is 17.0. The van der Waals surface area contributed by atoms with Crippen LogP contribution in [0.4, 0.5) is 5.69 Å². The Morgan fingerprint density at radius 3 is 2.16 bits per heavy atom. The summed E-state index contributed by atoms with van der Waals surface area (Å²) >= 11 is 6.22. The summed E-state index contributed by atoms with van der Waals surface area (Å²) in [7, 11) is 0.